The minimum atomic E-state index is 0.287. The van der Waals surface area contributed by atoms with Crippen molar-refractivity contribution in [2.45, 2.75) is 44.2 Å². The molecule has 2 atom stereocenters. The number of fused-ring (bicyclic) bond motifs is 1. The van der Waals surface area contributed by atoms with Crippen LogP contribution in [0.1, 0.15) is 32.1 Å². The Hall–Kier alpha value is -0.610. The van der Waals surface area contributed by atoms with E-state index in [1.807, 2.05) is 7.05 Å². The van der Waals surface area contributed by atoms with E-state index >= 15 is 0 Å². The smallest absolute Gasteiger partial charge is 0.224 e. The molecule has 0 radical (unpaired) electrons. The van der Waals surface area contributed by atoms with E-state index in [0.29, 0.717) is 25.2 Å². The molecule has 92 valence electrons. The normalized spacial score (nSPS) is 29.9. The number of carbonyl (C=O) groups is 1. The molecule has 2 unspecified atom stereocenters. The summed E-state index contributed by atoms with van der Waals surface area (Å²) in [5, 5.41) is 3.03. The molecule has 1 saturated carbocycles. The fourth-order valence-corrected chi connectivity index (χ4v) is 2.78. The Bertz CT molecular complexity index is 243. The summed E-state index contributed by atoms with van der Waals surface area (Å²) in [5.41, 5.74) is 0. The van der Waals surface area contributed by atoms with Gasteiger partial charge in [0.25, 0.3) is 0 Å². The van der Waals surface area contributed by atoms with Gasteiger partial charge in [-0.25, -0.2) is 0 Å². The van der Waals surface area contributed by atoms with Crippen molar-refractivity contribution in [2.75, 3.05) is 26.7 Å². The van der Waals surface area contributed by atoms with Gasteiger partial charge in [-0.15, -0.1) is 0 Å². The second kappa shape index (κ2) is 5.64. The van der Waals surface area contributed by atoms with Crippen LogP contribution in [0.5, 0.6) is 0 Å². The molecule has 0 aromatic heterocycles. The van der Waals surface area contributed by atoms with Crippen LogP contribution in [0, 0.1) is 0 Å². The van der Waals surface area contributed by atoms with Gasteiger partial charge in [-0.05, 0) is 19.9 Å². The Labute approximate surface area is 97.3 Å². The van der Waals surface area contributed by atoms with Crippen molar-refractivity contribution in [2.24, 2.45) is 0 Å². The summed E-state index contributed by atoms with van der Waals surface area (Å²) in [6.45, 7) is 2.27. The third-order valence-corrected chi connectivity index (χ3v) is 3.64. The molecule has 1 aliphatic heterocycles. The first-order chi connectivity index (χ1) is 7.83. The zero-order valence-corrected chi connectivity index (χ0v) is 10.1. The molecule has 1 N–H and O–H groups in total. The molecule has 0 aromatic carbocycles. The van der Waals surface area contributed by atoms with Gasteiger partial charge in [0.2, 0.25) is 5.91 Å². The van der Waals surface area contributed by atoms with Crippen molar-refractivity contribution in [3.8, 4) is 0 Å². The number of hydrogen-bond donors (Lipinski definition) is 1. The van der Waals surface area contributed by atoms with Gasteiger partial charge in [0.1, 0.15) is 0 Å². The highest BCUT2D eigenvalue weighted by molar-refractivity contribution is 5.77. The lowest BCUT2D eigenvalue weighted by molar-refractivity contribution is -0.149. The van der Waals surface area contributed by atoms with E-state index in [9.17, 15) is 4.79 Å². The number of rotatable bonds is 3. The quantitative estimate of drug-likeness (QED) is 0.772. The molecule has 2 aliphatic rings. The molecule has 16 heavy (non-hydrogen) atoms. The van der Waals surface area contributed by atoms with Crippen molar-refractivity contribution in [1.82, 2.24) is 10.2 Å². The summed E-state index contributed by atoms with van der Waals surface area (Å²) < 4.78 is 5.76. The highest BCUT2D eigenvalue weighted by Crippen LogP contribution is 2.28. The van der Waals surface area contributed by atoms with Crippen LogP contribution in [0.3, 0.4) is 0 Å². The third-order valence-electron chi connectivity index (χ3n) is 3.64. The zero-order chi connectivity index (χ0) is 11.4. The fraction of sp³-hybridized carbons (Fsp3) is 0.917. The van der Waals surface area contributed by atoms with Crippen LogP contribution < -0.4 is 5.32 Å². The van der Waals surface area contributed by atoms with Crippen molar-refractivity contribution >= 4 is 5.91 Å². The molecular formula is C12H22N2O2. The van der Waals surface area contributed by atoms with Gasteiger partial charge in [0.05, 0.1) is 18.8 Å². The number of ether oxygens (including phenoxy) is 1. The lowest BCUT2D eigenvalue weighted by Gasteiger charge is -2.43. The summed E-state index contributed by atoms with van der Waals surface area (Å²) in [5.74, 6) is 0.287. The number of hydrogen-bond acceptors (Lipinski definition) is 3. The topological polar surface area (TPSA) is 41.6 Å². The van der Waals surface area contributed by atoms with Crippen LogP contribution in [0.25, 0.3) is 0 Å². The average molecular weight is 226 g/mol. The van der Waals surface area contributed by atoms with Gasteiger partial charge < -0.3 is 15.0 Å². The second-order valence-electron chi connectivity index (χ2n) is 4.70. The maximum Gasteiger partial charge on any atom is 0.224 e. The van der Waals surface area contributed by atoms with E-state index in [1.165, 1.54) is 12.8 Å². The molecule has 1 amide bonds. The Morgan fingerprint density at radius 1 is 1.44 bits per heavy atom. The number of morpholine rings is 1. The van der Waals surface area contributed by atoms with E-state index < -0.39 is 0 Å². The SMILES string of the molecule is CNCCC(=O)N1CCOC2CCCCC21. The van der Waals surface area contributed by atoms with Crippen molar-refractivity contribution in [3.05, 3.63) is 0 Å². The first-order valence-electron chi connectivity index (χ1n) is 6.38. The number of nitrogens with zero attached hydrogens (tertiary/aromatic N) is 1. The summed E-state index contributed by atoms with van der Waals surface area (Å²) in [6.07, 6.45) is 5.65. The summed E-state index contributed by atoms with van der Waals surface area (Å²) in [7, 11) is 1.88. The summed E-state index contributed by atoms with van der Waals surface area (Å²) in [4.78, 5) is 14.1. The summed E-state index contributed by atoms with van der Waals surface area (Å²) >= 11 is 0. The first kappa shape index (κ1) is 11.9. The van der Waals surface area contributed by atoms with Crippen LogP contribution in [0.4, 0.5) is 0 Å². The van der Waals surface area contributed by atoms with E-state index in [0.717, 1.165) is 25.9 Å². The molecule has 2 fully saturated rings. The molecule has 2 rings (SSSR count). The highest BCUT2D eigenvalue weighted by atomic mass is 16.5. The van der Waals surface area contributed by atoms with Crippen LogP contribution in [-0.4, -0.2) is 49.7 Å². The first-order valence-corrected chi connectivity index (χ1v) is 6.38. The molecular weight excluding hydrogens is 204 g/mol. The van der Waals surface area contributed by atoms with Crippen LogP contribution in [0.2, 0.25) is 0 Å². The monoisotopic (exact) mass is 226 g/mol. The molecule has 1 aliphatic carbocycles. The van der Waals surface area contributed by atoms with E-state index in [1.54, 1.807) is 0 Å². The van der Waals surface area contributed by atoms with Crippen LogP contribution in [0.15, 0.2) is 0 Å². The van der Waals surface area contributed by atoms with Crippen LogP contribution in [-0.2, 0) is 9.53 Å². The van der Waals surface area contributed by atoms with Crippen molar-refractivity contribution in [1.29, 1.82) is 0 Å². The Kier molecular flexibility index (Phi) is 4.18. The van der Waals surface area contributed by atoms with E-state index in [4.69, 9.17) is 4.74 Å². The molecule has 1 heterocycles. The molecule has 0 aromatic rings. The van der Waals surface area contributed by atoms with Gasteiger partial charge in [-0.1, -0.05) is 12.8 Å². The molecule has 0 spiro atoms. The average Bonchev–Trinajstić information content (AvgIpc) is 2.35. The molecule has 4 heteroatoms. The maximum absolute atomic E-state index is 12.0. The molecule has 1 saturated heterocycles. The van der Waals surface area contributed by atoms with Crippen LogP contribution >= 0.6 is 0 Å². The fourth-order valence-electron chi connectivity index (χ4n) is 2.78. The highest BCUT2D eigenvalue weighted by Gasteiger charge is 2.36. The van der Waals surface area contributed by atoms with Gasteiger partial charge in [-0.3, -0.25) is 4.79 Å². The lowest BCUT2D eigenvalue weighted by atomic mass is 9.90. The lowest BCUT2D eigenvalue weighted by Crippen LogP contribution is -2.55. The summed E-state index contributed by atoms with van der Waals surface area (Å²) in [6, 6.07) is 0.354. The largest absolute Gasteiger partial charge is 0.374 e. The predicted octanol–water partition coefficient (Wildman–Crippen LogP) is 0.766. The van der Waals surface area contributed by atoms with Gasteiger partial charge in [0.15, 0.2) is 0 Å². The number of carbonyl (C=O) groups excluding carboxylic acids is 1. The van der Waals surface area contributed by atoms with Crippen molar-refractivity contribution in [3.63, 3.8) is 0 Å². The second-order valence-corrected chi connectivity index (χ2v) is 4.70. The molecule has 0 bridgehead atoms. The van der Waals surface area contributed by atoms with Gasteiger partial charge >= 0.3 is 0 Å². The van der Waals surface area contributed by atoms with Crippen molar-refractivity contribution < 1.29 is 9.53 Å². The number of nitrogens with one attached hydrogen (secondary N) is 1. The minimum absolute atomic E-state index is 0.287. The Morgan fingerprint density at radius 3 is 3.06 bits per heavy atom. The van der Waals surface area contributed by atoms with Gasteiger partial charge in [0, 0.05) is 19.5 Å². The van der Waals surface area contributed by atoms with Gasteiger partial charge in [-0.2, -0.15) is 0 Å². The Morgan fingerprint density at radius 2 is 2.25 bits per heavy atom. The Balaban J connectivity index is 1.93. The third kappa shape index (κ3) is 2.55. The standard InChI is InChI=1S/C12H22N2O2/c1-13-7-6-12(15)14-8-9-16-11-5-3-2-4-10(11)14/h10-11,13H,2-9H2,1H3. The van der Waals surface area contributed by atoms with E-state index in [2.05, 4.69) is 10.2 Å². The zero-order valence-electron chi connectivity index (χ0n) is 10.1. The molecule has 4 nitrogen and oxygen atoms in total. The van der Waals surface area contributed by atoms with E-state index in [-0.39, 0.29) is 5.91 Å². The maximum atomic E-state index is 12.0. The predicted molar refractivity (Wildman–Crippen MR) is 62.3 cm³/mol. The number of amides is 1. The minimum Gasteiger partial charge on any atom is -0.374 e.